The summed E-state index contributed by atoms with van der Waals surface area (Å²) in [6, 6.07) is 2.44. The van der Waals surface area contributed by atoms with Crippen molar-refractivity contribution >= 4 is 11.7 Å². The molecule has 2 N–H and O–H groups in total. The van der Waals surface area contributed by atoms with E-state index >= 15 is 0 Å². The van der Waals surface area contributed by atoms with Crippen LogP contribution in [0.1, 0.15) is 37.5 Å². The summed E-state index contributed by atoms with van der Waals surface area (Å²) in [5, 5.41) is 0. The van der Waals surface area contributed by atoms with E-state index in [1.165, 1.54) is 0 Å². The molecule has 0 radical (unpaired) electrons. The van der Waals surface area contributed by atoms with Crippen LogP contribution in [0.25, 0.3) is 6.05 Å². The van der Waals surface area contributed by atoms with Crippen LogP contribution in [0.3, 0.4) is 0 Å². The molecule has 0 aromatic heterocycles. The van der Waals surface area contributed by atoms with E-state index in [1.54, 1.807) is 0 Å². The lowest BCUT2D eigenvalue weighted by Gasteiger charge is -2.10. The zero-order chi connectivity index (χ0) is 12.5. The average Bonchev–Trinajstić information content (AvgIpc) is 2.13. The molecule has 0 bridgehead atoms. The highest BCUT2D eigenvalue weighted by molar-refractivity contribution is 5.68. The van der Waals surface area contributed by atoms with E-state index in [1.807, 2.05) is 40.7 Å². The fraction of sp³-hybridized carbons (Fsp3) is 0.357. The molecule has 0 aliphatic rings. The lowest BCUT2D eigenvalue weighted by atomic mass is 9.97. The number of hydrogen-bond acceptors (Lipinski definition) is 1. The van der Waals surface area contributed by atoms with Crippen molar-refractivity contribution in [2.75, 3.05) is 5.73 Å². The first kappa shape index (κ1) is 10.1. The standard InChI is InChI=1S/C14H19N/c1-9(2)6-7-13-10(3)8-11(4)14(15)12(13)5/h7-8H,15H2,1-5H3/i7D. The SMILES string of the molecule is [2H]C(=C=C(C)C)c1c(C)cc(C)c(N)c1C. The average molecular weight is 202 g/mol. The number of hydrogen-bond donors (Lipinski definition) is 1. The van der Waals surface area contributed by atoms with Gasteiger partial charge < -0.3 is 5.73 Å². The molecule has 1 aromatic carbocycles. The Morgan fingerprint density at radius 1 is 1.33 bits per heavy atom. The largest absolute Gasteiger partial charge is 0.398 e. The fourth-order valence-corrected chi connectivity index (χ4v) is 1.58. The zero-order valence-electron chi connectivity index (χ0n) is 11.2. The van der Waals surface area contributed by atoms with Crippen molar-refractivity contribution in [2.45, 2.75) is 34.6 Å². The first-order chi connectivity index (χ1) is 7.34. The van der Waals surface area contributed by atoms with Gasteiger partial charge in [-0.15, -0.1) is 5.73 Å². The first-order valence-corrected chi connectivity index (χ1v) is 5.12. The normalized spacial score (nSPS) is 10.6. The summed E-state index contributed by atoms with van der Waals surface area (Å²) in [5.74, 6) is 0. The monoisotopic (exact) mass is 202 g/mol. The van der Waals surface area contributed by atoms with Crippen molar-refractivity contribution < 1.29 is 1.37 Å². The Kier molecular flexibility index (Phi) is 2.94. The maximum atomic E-state index is 8.02. The molecule has 0 saturated carbocycles. The second kappa shape index (κ2) is 4.37. The van der Waals surface area contributed by atoms with Crippen LogP contribution in [0.15, 0.2) is 17.4 Å². The molecule has 0 atom stereocenters. The van der Waals surface area contributed by atoms with Crippen LogP contribution >= 0.6 is 0 Å². The molecule has 1 nitrogen and oxygen atoms in total. The van der Waals surface area contributed by atoms with E-state index in [0.717, 1.165) is 33.5 Å². The molecule has 0 heterocycles. The minimum absolute atomic E-state index is 0.418. The lowest BCUT2D eigenvalue weighted by molar-refractivity contribution is 1.30. The van der Waals surface area contributed by atoms with Gasteiger partial charge in [0.05, 0.1) is 1.37 Å². The van der Waals surface area contributed by atoms with E-state index in [0.29, 0.717) is 6.05 Å². The Bertz CT molecular complexity index is 488. The third-order valence-corrected chi connectivity index (χ3v) is 2.47. The van der Waals surface area contributed by atoms with Crippen molar-refractivity contribution in [1.82, 2.24) is 0 Å². The van der Waals surface area contributed by atoms with Gasteiger partial charge in [-0.1, -0.05) is 6.07 Å². The highest BCUT2D eigenvalue weighted by Crippen LogP contribution is 2.24. The molecule has 1 heteroatoms. The van der Waals surface area contributed by atoms with E-state index in [-0.39, 0.29) is 0 Å². The predicted molar refractivity (Wildman–Crippen MR) is 67.9 cm³/mol. The predicted octanol–water partition coefficient (Wildman–Crippen LogP) is 3.77. The summed E-state index contributed by atoms with van der Waals surface area (Å²) in [6.07, 6.45) is 0. The van der Waals surface area contributed by atoms with Gasteiger partial charge in [-0.25, -0.2) is 0 Å². The van der Waals surface area contributed by atoms with Crippen LogP contribution < -0.4 is 5.73 Å². The summed E-state index contributed by atoms with van der Waals surface area (Å²) in [7, 11) is 0. The maximum Gasteiger partial charge on any atom is 0.0720 e. The molecule has 0 amide bonds. The number of allylic oxidation sites excluding steroid dienone is 1. The van der Waals surface area contributed by atoms with Crippen molar-refractivity contribution in [3.05, 3.63) is 39.6 Å². The van der Waals surface area contributed by atoms with Crippen molar-refractivity contribution in [2.24, 2.45) is 0 Å². The minimum atomic E-state index is 0.418. The highest BCUT2D eigenvalue weighted by atomic mass is 14.6. The number of anilines is 1. The maximum absolute atomic E-state index is 8.02. The van der Waals surface area contributed by atoms with E-state index < -0.39 is 0 Å². The molecule has 0 spiro atoms. The van der Waals surface area contributed by atoms with Gasteiger partial charge in [-0.3, -0.25) is 0 Å². The Morgan fingerprint density at radius 2 is 1.93 bits per heavy atom. The summed E-state index contributed by atoms with van der Waals surface area (Å²) >= 11 is 0. The van der Waals surface area contributed by atoms with Crippen molar-refractivity contribution in [3.63, 3.8) is 0 Å². The molecule has 0 unspecified atom stereocenters. The molecule has 1 aromatic rings. The summed E-state index contributed by atoms with van der Waals surface area (Å²) in [6.45, 7) is 9.85. The third kappa shape index (κ3) is 2.51. The van der Waals surface area contributed by atoms with E-state index in [9.17, 15) is 0 Å². The smallest absolute Gasteiger partial charge is 0.0720 e. The number of rotatable bonds is 1. The summed E-state index contributed by atoms with van der Waals surface area (Å²) in [5.41, 5.74) is 14.9. The van der Waals surface area contributed by atoms with Crippen molar-refractivity contribution in [1.29, 1.82) is 0 Å². The van der Waals surface area contributed by atoms with Gasteiger partial charge in [0.1, 0.15) is 0 Å². The molecule has 80 valence electrons. The van der Waals surface area contributed by atoms with Crippen LogP contribution in [-0.4, -0.2) is 0 Å². The molecule has 0 aliphatic carbocycles. The second-order valence-electron chi connectivity index (χ2n) is 4.17. The van der Waals surface area contributed by atoms with Gasteiger partial charge in [-0.2, -0.15) is 0 Å². The molecule has 15 heavy (non-hydrogen) atoms. The number of nitrogens with two attached hydrogens (primary N) is 1. The third-order valence-electron chi connectivity index (χ3n) is 2.47. The Hall–Kier alpha value is -1.46. The molecular formula is C14H19N. The van der Waals surface area contributed by atoms with Crippen LogP contribution in [0.2, 0.25) is 0 Å². The van der Waals surface area contributed by atoms with Crippen LogP contribution in [-0.2, 0) is 0 Å². The quantitative estimate of drug-likeness (QED) is 0.544. The topological polar surface area (TPSA) is 26.0 Å². The summed E-state index contributed by atoms with van der Waals surface area (Å²) in [4.78, 5) is 0. The molecule has 0 aliphatic heterocycles. The molecule has 0 fully saturated rings. The van der Waals surface area contributed by atoms with Gasteiger partial charge in [0.2, 0.25) is 0 Å². The molecular weight excluding hydrogens is 182 g/mol. The van der Waals surface area contributed by atoms with Crippen LogP contribution in [0.4, 0.5) is 5.69 Å². The Labute approximate surface area is 93.7 Å². The molecule has 1 rings (SSSR count). The minimum Gasteiger partial charge on any atom is -0.398 e. The van der Waals surface area contributed by atoms with E-state index in [2.05, 4.69) is 5.73 Å². The van der Waals surface area contributed by atoms with E-state index in [4.69, 9.17) is 7.10 Å². The Balaban J connectivity index is 3.59. The van der Waals surface area contributed by atoms with Crippen molar-refractivity contribution in [3.8, 4) is 0 Å². The number of benzene rings is 1. The van der Waals surface area contributed by atoms with Crippen LogP contribution in [0, 0.1) is 20.8 Å². The first-order valence-electron chi connectivity index (χ1n) is 5.62. The van der Waals surface area contributed by atoms with Gasteiger partial charge in [0.15, 0.2) is 0 Å². The van der Waals surface area contributed by atoms with Crippen LogP contribution in [0.5, 0.6) is 0 Å². The summed E-state index contributed by atoms with van der Waals surface area (Å²) < 4.78 is 8.02. The van der Waals surface area contributed by atoms with Gasteiger partial charge in [0, 0.05) is 5.69 Å². The Morgan fingerprint density at radius 3 is 2.47 bits per heavy atom. The number of nitrogen functional groups attached to an aromatic ring is 1. The lowest BCUT2D eigenvalue weighted by Crippen LogP contribution is -1.98. The highest BCUT2D eigenvalue weighted by Gasteiger charge is 2.05. The second-order valence-corrected chi connectivity index (χ2v) is 4.17. The number of aryl methyl sites for hydroxylation is 2. The van der Waals surface area contributed by atoms with Gasteiger partial charge in [0.25, 0.3) is 0 Å². The van der Waals surface area contributed by atoms with Gasteiger partial charge in [-0.05, 0) is 68.5 Å². The fourth-order valence-electron chi connectivity index (χ4n) is 1.58. The molecule has 0 saturated heterocycles. The van der Waals surface area contributed by atoms with Gasteiger partial charge >= 0.3 is 0 Å². The zero-order valence-corrected chi connectivity index (χ0v) is 10.2.